The van der Waals surface area contributed by atoms with E-state index in [2.05, 4.69) is 5.32 Å². The van der Waals surface area contributed by atoms with Crippen LogP contribution in [0.4, 0.5) is 10.1 Å². The first kappa shape index (κ1) is 30.4. The van der Waals surface area contributed by atoms with Crippen LogP contribution >= 0.6 is 23.2 Å². The van der Waals surface area contributed by atoms with Gasteiger partial charge in [0.1, 0.15) is 18.4 Å². The first-order chi connectivity index (χ1) is 18.3. The van der Waals surface area contributed by atoms with Gasteiger partial charge in [0.05, 0.1) is 10.6 Å². The topological polar surface area (TPSA) is 86.8 Å². The zero-order valence-corrected chi connectivity index (χ0v) is 24.3. The molecule has 3 rings (SSSR count). The Labute approximate surface area is 238 Å². The van der Waals surface area contributed by atoms with Crippen molar-refractivity contribution in [2.24, 2.45) is 0 Å². The number of carbonyl (C=O) groups excluding carboxylic acids is 2. The molecule has 11 heteroatoms. The summed E-state index contributed by atoms with van der Waals surface area (Å²) >= 11 is 12.4. The minimum atomic E-state index is -4.29. The zero-order chi connectivity index (χ0) is 28.9. The van der Waals surface area contributed by atoms with Gasteiger partial charge in [-0.25, -0.2) is 12.8 Å². The van der Waals surface area contributed by atoms with E-state index in [4.69, 9.17) is 23.2 Å². The number of anilines is 1. The third kappa shape index (κ3) is 7.71. The van der Waals surface area contributed by atoms with Gasteiger partial charge in [0.15, 0.2) is 0 Å². The highest BCUT2D eigenvalue weighted by molar-refractivity contribution is 7.92. The normalized spacial score (nSPS) is 12.2. The Bertz CT molecular complexity index is 1430. The average Bonchev–Trinajstić information content (AvgIpc) is 2.85. The van der Waals surface area contributed by atoms with E-state index in [1.165, 1.54) is 55.5 Å². The van der Waals surface area contributed by atoms with Crippen LogP contribution in [0.5, 0.6) is 0 Å². The van der Waals surface area contributed by atoms with Crippen molar-refractivity contribution in [1.82, 2.24) is 10.2 Å². The monoisotopic (exact) mass is 593 g/mol. The largest absolute Gasteiger partial charge is 0.352 e. The molecule has 0 aromatic heterocycles. The van der Waals surface area contributed by atoms with Gasteiger partial charge in [-0.2, -0.15) is 0 Å². The van der Waals surface area contributed by atoms with Gasteiger partial charge >= 0.3 is 0 Å². The fourth-order valence-corrected chi connectivity index (χ4v) is 5.76. The van der Waals surface area contributed by atoms with E-state index >= 15 is 0 Å². The molecule has 3 aromatic carbocycles. The lowest BCUT2D eigenvalue weighted by molar-refractivity contribution is -0.139. The molecule has 0 aliphatic heterocycles. The van der Waals surface area contributed by atoms with Crippen LogP contribution in [0.3, 0.4) is 0 Å². The maximum Gasteiger partial charge on any atom is 0.264 e. The highest BCUT2D eigenvalue weighted by Crippen LogP contribution is 2.30. The standard InChI is InChI=1S/C28H30Cl2FN3O4S/c1-18(2)32-28(36)20(4)33(16-21-7-5-6-8-26(21)31)27(35)17-34(24-14-22(29)13-23(30)15-24)39(37,38)25-11-9-19(3)10-12-25/h5-15,18,20H,16-17H2,1-4H3,(H,32,36). The van der Waals surface area contributed by atoms with Crippen molar-refractivity contribution in [2.45, 2.75) is 51.2 Å². The molecular weight excluding hydrogens is 564 g/mol. The van der Waals surface area contributed by atoms with Crippen LogP contribution in [0.1, 0.15) is 31.9 Å². The molecule has 1 atom stereocenters. The molecule has 39 heavy (non-hydrogen) atoms. The number of carbonyl (C=O) groups is 2. The molecule has 0 saturated carbocycles. The predicted molar refractivity (Wildman–Crippen MR) is 152 cm³/mol. The molecule has 1 N–H and O–H groups in total. The molecule has 1 unspecified atom stereocenters. The summed E-state index contributed by atoms with van der Waals surface area (Å²) in [4.78, 5) is 27.8. The number of hydrogen-bond donors (Lipinski definition) is 1. The van der Waals surface area contributed by atoms with Crippen LogP contribution in [0.2, 0.25) is 10.0 Å². The highest BCUT2D eigenvalue weighted by atomic mass is 35.5. The first-order valence-corrected chi connectivity index (χ1v) is 14.4. The van der Waals surface area contributed by atoms with Gasteiger partial charge in [-0.1, -0.05) is 59.1 Å². The number of nitrogens with one attached hydrogen (secondary N) is 1. The molecule has 0 radical (unpaired) electrons. The van der Waals surface area contributed by atoms with E-state index in [-0.39, 0.29) is 38.8 Å². The molecule has 0 aliphatic carbocycles. The molecule has 7 nitrogen and oxygen atoms in total. The lowest BCUT2D eigenvalue weighted by Crippen LogP contribution is -2.52. The van der Waals surface area contributed by atoms with E-state index in [0.717, 1.165) is 14.8 Å². The predicted octanol–water partition coefficient (Wildman–Crippen LogP) is 5.58. The number of halogens is 3. The third-order valence-corrected chi connectivity index (χ3v) is 8.14. The molecule has 0 heterocycles. The van der Waals surface area contributed by atoms with E-state index < -0.39 is 40.2 Å². The van der Waals surface area contributed by atoms with Crippen molar-refractivity contribution < 1.29 is 22.4 Å². The second-order valence-electron chi connectivity index (χ2n) is 9.40. The minimum absolute atomic E-state index is 0.0525. The second-order valence-corrected chi connectivity index (χ2v) is 12.1. The highest BCUT2D eigenvalue weighted by Gasteiger charge is 2.33. The molecule has 0 saturated heterocycles. The van der Waals surface area contributed by atoms with Gasteiger partial charge in [0.2, 0.25) is 11.8 Å². The summed E-state index contributed by atoms with van der Waals surface area (Å²) < 4.78 is 43.1. The molecule has 0 bridgehead atoms. The van der Waals surface area contributed by atoms with Gasteiger partial charge in [-0.05, 0) is 64.1 Å². The summed E-state index contributed by atoms with van der Waals surface area (Å²) in [6, 6.07) is 15.0. The average molecular weight is 595 g/mol. The van der Waals surface area contributed by atoms with Crippen molar-refractivity contribution >= 4 is 50.7 Å². The molecule has 2 amide bonds. The Morgan fingerprint density at radius 2 is 1.54 bits per heavy atom. The third-order valence-electron chi connectivity index (χ3n) is 5.92. The lowest BCUT2D eigenvalue weighted by atomic mass is 10.1. The van der Waals surface area contributed by atoms with Gasteiger partial charge in [-0.3, -0.25) is 13.9 Å². The van der Waals surface area contributed by atoms with E-state index in [1.807, 2.05) is 6.92 Å². The van der Waals surface area contributed by atoms with Gasteiger partial charge < -0.3 is 10.2 Å². The summed E-state index contributed by atoms with van der Waals surface area (Å²) in [5.41, 5.74) is 1.09. The smallest absolute Gasteiger partial charge is 0.264 e. The van der Waals surface area contributed by atoms with E-state index in [0.29, 0.717) is 0 Å². The van der Waals surface area contributed by atoms with Crippen LogP contribution in [-0.4, -0.2) is 43.8 Å². The minimum Gasteiger partial charge on any atom is -0.352 e. The van der Waals surface area contributed by atoms with E-state index in [1.54, 1.807) is 32.0 Å². The zero-order valence-electron chi connectivity index (χ0n) is 22.0. The van der Waals surface area contributed by atoms with Gasteiger partial charge in [0, 0.05) is 28.2 Å². The Hall–Kier alpha value is -3.14. The first-order valence-electron chi connectivity index (χ1n) is 12.2. The molecular formula is C28H30Cl2FN3O4S. The Morgan fingerprint density at radius 3 is 2.10 bits per heavy atom. The van der Waals surface area contributed by atoms with Gasteiger partial charge in [-0.15, -0.1) is 0 Å². The number of amides is 2. The number of nitrogens with zero attached hydrogens (tertiary/aromatic N) is 2. The maximum atomic E-state index is 14.6. The molecule has 0 aliphatic rings. The number of aryl methyl sites for hydroxylation is 1. The molecule has 0 fully saturated rings. The SMILES string of the molecule is Cc1ccc(S(=O)(=O)N(CC(=O)N(Cc2ccccc2F)C(C)C(=O)NC(C)C)c2cc(Cl)cc(Cl)c2)cc1. The second kappa shape index (κ2) is 12.8. The van der Waals surface area contributed by atoms with Crippen molar-refractivity contribution in [3.05, 3.63) is 93.7 Å². The van der Waals surface area contributed by atoms with Crippen LogP contribution in [0, 0.1) is 12.7 Å². The van der Waals surface area contributed by atoms with Crippen LogP contribution in [-0.2, 0) is 26.2 Å². The number of sulfonamides is 1. The Kier molecular flexibility index (Phi) is 9.98. The molecule has 208 valence electrons. The Morgan fingerprint density at radius 1 is 0.949 bits per heavy atom. The van der Waals surface area contributed by atoms with Crippen molar-refractivity contribution in [2.75, 3.05) is 10.8 Å². The fourth-order valence-electron chi connectivity index (χ4n) is 3.85. The molecule has 3 aromatic rings. The van der Waals surface area contributed by atoms with Crippen LogP contribution < -0.4 is 9.62 Å². The summed E-state index contributed by atoms with van der Waals surface area (Å²) in [7, 11) is -4.29. The number of benzene rings is 3. The van der Waals surface area contributed by atoms with E-state index in [9.17, 15) is 22.4 Å². The lowest BCUT2D eigenvalue weighted by Gasteiger charge is -2.32. The van der Waals surface area contributed by atoms with Crippen molar-refractivity contribution in [1.29, 1.82) is 0 Å². The van der Waals surface area contributed by atoms with Crippen LogP contribution in [0.25, 0.3) is 0 Å². The van der Waals surface area contributed by atoms with Crippen molar-refractivity contribution in [3.8, 4) is 0 Å². The molecule has 0 spiro atoms. The summed E-state index contributed by atoms with van der Waals surface area (Å²) in [6.07, 6.45) is 0. The van der Waals surface area contributed by atoms with Crippen molar-refractivity contribution in [3.63, 3.8) is 0 Å². The van der Waals surface area contributed by atoms with Gasteiger partial charge in [0.25, 0.3) is 10.0 Å². The fraction of sp³-hybridized carbons (Fsp3) is 0.286. The summed E-state index contributed by atoms with van der Waals surface area (Å²) in [6.45, 7) is 5.91. The quantitative estimate of drug-likeness (QED) is 0.332. The summed E-state index contributed by atoms with van der Waals surface area (Å²) in [5.74, 6) is -1.75. The Balaban J connectivity index is 2.08. The number of rotatable bonds is 10. The summed E-state index contributed by atoms with van der Waals surface area (Å²) in [5, 5.41) is 3.08. The maximum absolute atomic E-state index is 14.6. The number of hydrogen-bond acceptors (Lipinski definition) is 4. The van der Waals surface area contributed by atoms with Crippen LogP contribution in [0.15, 0.2) is 71.6 Å².